The van der Waals surface area contributed by atoms with Crippen LogP contribution in [0.5, 0.6) is 0 Å². The minimum Gasteiger partial charge on any atom is -0.356 e. The molecular formula is C17H23N3S. The lowest BCUT2D eigenvalue weighted by molar-refractivity contribution is 0.521. The molecule has 0 radical (unpaired) electrons. The number of hydrogen-bond acceptors (Lipinski definition) is 2. The van der Waals surface area contributed by atoms with Gasteiger partial charge in [0.2, 0.25) is 0 Å². The Balaban J connectivity index is 1.77. The highest BCUT2D eigenvalue weighted by Crippen LogP contribution is 2.20. The Morgan fingerprint density at radius 3 is 3.00 bits per heavy atom. The van der Waals surface area contributed by atoms with Crippen LogP contribution in [0.1, 0.15) is 17.5 Å². The predicted molar refractivity (Wildman–Crippen MR) is 92.9 cm³/mol. The molecule has 1 aromatic rings. The summed E-state index contributed by atoms with van der Waals surface area (Å²) in [6.45, 7) is 0.884. The SMILES string of the molecule is C#CCSCCNC(=NC)NC1CCc2ccccc2C1. The van der Waals surface area contributed by atoms with Gasteiger partial charge in [0.05, 0.1) is 5.75 Å². The third kappa shape index (κ3) is 5.02. The Hall–Kier alpha value is -1.60. The molecule has 112 valence electrons. The van der Waals surface area contributed by atoms with E-state index in [2.05, 4.69) is 45.8 Å². The lowest BCUT2D eigenvalue weighted by Crippen LogP contribution is -2.46. The van der Waals surface area contributed by atoms with Crippen molar-refractivity contribution in [2.45, 2.75) is 25.3 Å². The molecule has 0 saturated heterocycles. The summed E-state index contributed by atoms with van der Waals surface area (Å²) in [7, 11) is 1.82. The van der Waals surface area contributed by atoms with Crippen molar-refractivity contribution in [3.8, 4) is 12.3 Å². The fourth-order valence-electron chi connectivity index (χ4n) is 2.58. The molecule has 0 saturated carbocycles. The molecule has 0 spiro atoms. The van der Waals surface area contributed by atoms with Crippen LogP contribution in [0.2, 0.25) is 0 Å². The van der Waals surface area contributed by atoms with Gasteiger partial charge in [0.1, 0.15) is 0 Å². The van der Waals surface area contributed by atoms with E-state index in [-0.39, 0.29) is 0 Å². The van der Waals surface area contributed by atoms with Gasteiger partial charge in [-0.05, 0) is 30.4 Å². The molecular weight excluding hydrogens is 278 g/mol. The van der Waals surface area contributed by atoms with E-state index in [1.165, 1.54) is 11.1 Å². The Kier molecular flexibility index (Phi) is 6.49. The van der Waals surface area contributed by atoms with Crippen LogP contribution in [0.15, 0.2) is 29.3 Å². The monoisotopic (exact) mass is 301 g/mol. The molecule has 0 bridgehead atoms. The number of nitrogens with one attached hydrogen (secondary N) is 2. The van der Waals surface area contributed by atoms with E-state index >= 15 is 0 Å². The van der Waals surface area contributed by atoms with Gasteiger partial charge in [-0.3, -0.25) is 4.99 Å². The van der Waals surface area contributed by atoms with Gasteiger partial charge in [0, 0.05) is 25.4 Å². The zero-order valence-electron chi connectivity index (χ0n) is 12.6. The molecule has 2 rings (SSSR count). The number of aryl methyl sites for hydroxylation is 1. The van der Waals surface area contributed by atoms with E-state index < -0.39 is 0 Å². The highest BCUT2D eigenvalue weighted by molar-refractivity contribution is 7.99. The van der Waals surface area contributed by atoms with Crippen LogP contribution in [0.4, 0.5) is 0 Å². The molecule has 0 amide bonds. The molecule has 2 N–H and O–H groups in total. The summed E-state index contributed by atoms with van der Waals surface area (Å²) >= 11 is 1.76. The van der Waals surface area contributed by atoms with Crippen LogP contribution in [0.25, 0.3) is 0 Å². The molecule has 3 nitrogen and oxygen atoms in total. The quantitative estimate of drug-likeness (QED) is 0.378. The Labute approximate surface area is 132 Å². The first kappa shape index (κ1) is 15.8. The lowest BCUT2D eigenvalue weighted by atomic mass is 9.88. The van der Waals surface area contributed by atoms with Gasteiger partial charge >= 0.3 is 0 Å². The van der Waals surface area contributed by atoms with Crippen molar-refractivity contribution in [1.82, 2.24) is 10.6 Å². The van der Waals surface area contributed by atoms with Gasteiger partial charge in [-0.15, -0.1) is 18.2 Å². The second kappa shape index (κ2) is 8.63. The molecule has 1 aliphatic rings. The summed E-state index contributed by atoms with van der Waals surface area (Å²) in [6, 6.07) is 9.18. The van der Waals surface area contributed by atoms with E-state index in [9.17, 15) is 0 Å². The highest BCUT2D eigenvalue weighted by Gasteiger charge is 2.18. The molecule has 0 aliphatic heterocycles. The minimum absolute atomic E-state index is 0.462. The van der Waals surface area contributed by atoms with Crippen molar-refractivity contribution in [1.29, 1.82) is 0 Å². The lowest BCUT2D eigenvalue weighted by Gasteiger charge is -2.27. The van der Waals surface area contributed by atoms with Crippen LogP contribution in [0.3, 0.4) is 0 Å². The summed E-state index contributed by atoms with van der Waals surface area (Å²) in [5.41, 5.74) is 2.95. The Morgan fingerprint density at radius 1 is 1.43 bits per heavy atom. The van der Waals surface area contributed by atoms with Crippen LogP contribution >= 0.6 is 11.8 Å². The molecule has 1 aliphatic carbocycles. The summed E-state index contributed by atoms with van der Waals surface area (Å²) in [6.07, 6.45) is 8.60. The van der Waals surface area contributed by atoms with Gasteiger partial charge in [-0.1, -0.05) is 30.2 Å². The fraction of sp³-hybridized carbons (Fsp3) is 0.471. The molecule has 0 fully saturated rings. The predicted octanol–water partition coefficient (Wildman–Crippen LogP) is 2.08. The standard InChI is InChI=1S/C17H23N3S/c1-3-11-21-12-10-19-17(18-2)20-16-9-8-14-6-4-5-7-15(14)13-16/h1,4-7,16H,8-13H2,2H3,(H2,18,19,20). The van der Waals surface area contributed by atoms with Crippen LogP contribution in [-0.2, 0) is 12.8 Å². The maximum Gasteiger partial charge on any atom is 0.191 e. The largest absolute Gasteiger partial charge is 0.356 e. The van der Waals surface area contributed by atoms with E-state index in [4.69, 9.17) is 6.42 Å². The van der Waals surface area contributed by atoms with Gasteiger partial charge in [0.15, 0.2) is 5.96 Å². The summed E-state index contributed by atoms with van der Waals surface area (Å²) < 4.78 is 0. The Morgan fingerprint density at radius 2 is 2.24 bits per heavy atom. The van der Waals surface area contributed by atoms with Gasteiger partial charge in [-0.25, -0.2) is 0 Å². The van der Waals surface area contributed by atoms with Crippen molar-refractivity contribution in [2.75, 3.05) is 25.1 Å². The zero-order chi connectivity index (χ0) is 14.9. The molecule has 4 heteroatoms. The normalized spacial score (nSPS) is 17.7. The third-order valence-corrected chi connectivity index (χ3v) is 4.50. The number of aliphatic imine (C=N–C) groups is 1. The third-order valence-electron chi connectivity index (χ3n) is 3.64. The van der Waals surface area contributed by atoms with Crippen molar-refractivity contribution < 1.29 is 0 Å². The van der Waals surface area contributed by atoms with E-state index in [1.54, 1.807) is 11.8 Å². The number of terminal acetylenes is 1. The average molecular weight is 301 g/mol. The first-order chi connectivity index (χ1) is 10.3. The summed E-state index contributed by atoms with van der Waals surface area (Å²) in [5, 5.41) is 6.88. The number of rotatable bonds is 5. The molecule has 0 aromatic heterocycles. The maximum atomic E-state index is 5.23. The van der Waals surface area contributed by atoms with Crippen LogP contribution in [0, 0.1) is 12.3 Å². The highest BCUT2D eigenvalue weighted by atomic mass is 32.2. The Bertz CT molecular complexity index is 519. The van der Waals surface area contributed by atoms with Crippen molar-refractivity contribution in [3.05, 3.63) is 35.4 Å². The van der Waals surface area contributed by atoms with Crippen LogP contribution < -0.4 is 10.6 Å². The topological polar surface area (TPSA) is 36.4 Å². The van der Waals surface area contributed by atoms with E-state index in [1.807, 2.05) is 7.05 Å². The van der Waals surface area contributed by atoms with Gasteiger partial charge in [0.25, 0.3) is 0 Å². The number of fused-ring (bicyclic) bond motifs is 1. The fourth-order valence-corrected chi connectivity index (χ4v) is 3.09. The average Bonchev–Trinajstić information content (AvgIpc) is 2.53. The van der Waals surface area contributed by atoms with E-state index in [0.717, 1.165) is 43.3 Å². The first-order valence-corrected chi connectivity index (χ1v) is 8.54. The van der Waals surface area contributed by atoms with Crippen molar-refractivity contribution in [3.63, 3.8) is 0 Å². The molecule has 21 heavy (non-hydrogen) atoms. The van der Waals surface area contributed by atoms with Crippen molar-refractivity contribution in [2.24, 2.45) is 4.99 Å². The van der Waals surface area contributed by atoms with E-state index in [0.29, 0.717) is 6.04 Å². The van der Waals surface area contributed by atoms with Gasteiger partial charge < -0.3 is 10.6 Å². The first-order valence-electron chi connectivity index (χ1n) is 7.38. The number of thioether (sulfide) groups is 1. The number of nitrogens with zero attached hydrogens (tertiary/aromatic N) is 1. The maximum absolute atomic E-state index is 5.23. The van der Waals surface area contributed by atoms with Crippen molar-refractivity contribution >= 4 is 17.7 Å². The summed E-state index contributed by atoms with van der Waals surface area (Å²) in [5.74, 6) is 5.29. The molecule has 1 atom stereocenters. The molecule has 1 unspecified atom stereocenters. The zero-order valence-corrected chi connectivity index (χ0v) is 13.4. The second-order valence-corrected chi connectivity index (χ2v) is 6.21. The van der Waals surface area contributed by atoms with Gasteiger partial charge in [-0.2, -0.15) is 0 Å². The molecule has 0 heterocycles. The summed E-state index contributed by atoms with van der Waals surface area (Å²) in [4.78, 5) is 4.30. The smallest absolute Gasteiger partial charge is 0.191 e. The number of hydrogen-bond donors (Lipinski definition) is 2. The minimum atomic E-state index is 0.462. The number of benzene rings is 1. The number of guanidine groups is 1. The van der Waals surface area contributed by atoms with Crippen LogP contribution in [-0.4, -0.2) is 37.1 Å². The second-order valence-electron chi connectivity index (χ2n) is 5.11. The molecule has 1 aromatic carbocycles.